The lowest BCUT2D eigenvalue weighted by molar-refractivity contribution is -0.126. The maximum atomic E-state index is 15.0. The Hall–Kier alpha value is -2.80. The molecule has 1 aromatic rings. The van der Waals surface area contributed by atoms with E-state index in [2.05, 4.69) is 15.5 Å². The number of hydrogen-bond donors (Lipinski definition) is 2. The highest BCUT2D eigenvalue weighted by atomic mass is 19.3. The van der Waals surface area contributed by atoms with Gasteiger partial charge in [-0.25, -0.2) is 18.0 Å². The standard InChI is InChI=1S/C26H32F3N5O2/c27-19-3-1-18(2-4-19)13-26(28,29)14-21(22(35)32-25(15-30)7-8-25)31-23(36)34-16-24(17-34)9-11-33(12-10-24)20-5-6-20/h1-4,20-21H,5-14,16-17H2,(H,31,36)(H,32,35)/t21-/m0/s1. The van der Waals surface area contributed by atoms with Gasteiger partial charge in [-0.2, -0.15) is 5.26 Å². The molecule has 2 aliphatic heterocycles. The quantitative estimate of drug-likeness (QED) is 0.570. The van der Waals surface area contributed by atoms with Crippen LogP contribution in [0, 0.1) is 22.6 Å². The van der Waals surface area contributed by atoms with E-state index in [-0.39, 0.29) is 11.0 Å². The minimum atomic E-state index is -3.33. The van der Waals surface area contributed by atoms with E-state index in [9.17, 15) is 28.0 Å². The zero-order valence-electron chi connectivity index (χ0n) is 20.2. The van der Waals surface area contributed by atoms with Gasteiger partial charge in [0.15, 0.2) is 0 Å². The first kappa shape index (κ1) is 24.9. The minimum Gasteiger partial charge on any atom is -0.336 e. The first-order chi connectivity index (χ1) is 17.1. The highest BCUT2D eigenvalue weighted by Gasteiger charge is 2.50. The van der Waals surface area contributed by atoms with Crippen LogP contribution < -0.4 is 10.6 Å². The molecule has 4 fully saturated rings. The van der Waals surface area contributed by atoms with Gasteiger partial charge < -0.3 is 20.4 Å². The van der Waals surface area contributed by atoms with Crippen molar-refractivity contribution in [2.24, 2.45) is 5.41 Å². The smallest absolute Gasteiger partial charge is 0.318 e. The van der Waals surface area contributed by atoms with Gasteiger partial charge in [0, 0.05) is 37.4 Å². The van der Waals surface area contributed by atoms with E-state index in [1.165, 1.54) is 25.0 Å². The molecule has 2 saturated carbocycles. The Balaban J connectivity index is 1.20. The van der Waals surface area contributed by atoms with Crippen molar-refractivity contribution < 1.29 is 22.8 Å². The van der Waals surface area contributed by atoms with Crippen molar-refractivity contribution in [1.82, 2.24) is 20.4 Å². The van der Waals surface area contributed by atoms with Crippen LogP contribution in [-0.2, 0) is 11.2 Å². The number of halogens is 3. The molecule has 0 bridgehead atoms. The molecule has 3 amide bonds. The third-order valence-electron chi connectivity index (χ3n) is 8.08. The molecule has 1 atom stereocenters. The monoisotopic (exact) mass is 503 g/mol. The van der Waals surface area contributed by atoms with Gasteiger partial charge in [-0.1, -0.05) is 12.1 Å². The van der Waals surface area contributed by atoms with Crippen LogP contribution in [0.4, 0.5) is 18.0 Å². The molecule has 2 heterocycles. The van der Waals surface area contributed by atoms with Crippen molar-refractivity contribution in [3.8, 4) is 6.07 Å². The SMILES string of the molecule is N#CC1(NC(=O)[C@H](CC(F)(F)Cc2ccc(F)cc2)NC(=O)N2CC3(CCN(C4CC4)CC3)C2)CC1. The Bertz CT molecular complexity index is 1030. The van der Waals surface area contributed by atoms with Crippen molar-refractivity contribution in [3.05, 3.63) is 35.6 Å². The van der Waals surface area contributed by atoms with Crippen LogP contribution in [0.1, 0.15) is 50.5 Å². The van der Waals surface area contributed by atoms with E-state index in [0.29, 0.717) is 25.9 Å². The zero-order chi connectivity index (χ0) is 25.6. The molecule has 1 spiro atoms. The van der Waals surface area contributed by atoms with E-state index in [0.717, 1.165) is 44.1 Å². The molecule has 2 N–H and O–H groups in total. The summed E-state index contributed by atoms with van der Waals surface area (Å²) in [5, 5.41) is 14.4. The number of carbonyl (C=O) groups is 2. The Morgan fingerprint density at radius 1 is 1.11 bits per heavy atom. The molecule has 0 unspecified atom stereocenters. The van der Waals surface area contributed by atoms with Gasteiger partial charge in [-0.05, 0) is 69.3 Å². The summed E-state index contributed by atoms with van der Waals surface area (Å²) in [6.45, 7) is 3.16. The number of benzene rings is 1. The van der Waals surface area contributed by atoms with Crippen LogP contribution in [0.5, 0.6) is 0 Å². The number of rotatable bonds is 8. The van der Waals surface area contributed by atoms with E-state index in [4.69, 9.17) is 0 Å². The molecule has 10 heteroatoms. The molecule has 5 rings (SSSR count). The molecular formula is C26H32F3N5O2. The van der Waals surface area contributed by atoms with Gasteiger partial charge in [0.2, 0.25) is 5.91 Å². The number of nitrogens with zero attached hydrogens (tertiary/aromatic N) is 3. The highest BCUT2D eigenvalue weighted by Crippen LogP contribution is 2.43. The number of alkyl halides is 2. The molecule has 2 aliphatic carbocycles. The molecule has 0 radical (unpaired) electrons. The first-order valence-electron chi connectivity index (χ1n) is 12.8. The minimum absolute atomic E-state index is 0.0753. The number of nitrogens with one attached hydrogen (secondary N) is 2. The van der Waals surface area contributed by atoms with E-state index >= 15 is 0 Å². The second-order valence-corrected chi connectivity index (χ2v) is 11.2. The summed E-state index contributed by atoms with van der Waals surface area (Å²) in [4.78, 5) is 30.0. The third kappa shape index (κ3) is 5.61. The van der Waals surface area contributed by atoms with Crippen molar-refractivity contribution >= 4 is 11.9 Å². The Labute approximate surface area is 209 Å². The number of amides is 3. The van der Waals surface area contributed by atoms with Crippen molar-refractivity contribution in [1.29, 1.82) is 5.26 Å². The number of hydrogen-bond acceptors (Lipinski definition) is 4. The van der Waals surface area contributed by atoms with Crippen molar-refractivity contribution in [3.63, 3.8) is 0 Å². The Kier molecular flexibility index (Phi) is 6.39. The van der Waals surface area contributed by atoms with Crippen LogP contribution in [0.3, 0.4) is 0 Å². The van der Waals surface area contributed by atoms with Crippen LogP contribution in [0.15, 0.2) is 24.3 Å². The van der Waals surface area contributed by atoms with E-state index < -0.39 is 48.1 Å². The number of piperidine rings is 1. The van der Waals surface area contributed by atoms with Gasteiger partial charge in [-0.15, -0.1) is 0 Å². The Morgan fingerprint density at radius 2 is 1.75 bits per heavy atom. The van der Waals surface area contributed by atoms with Crippen LogP contribution >= 0.6 is 0 Å². The topological polar surface area (TPSA) is 88.5 Å². The summed E-state index contributed by atoms with van der Waals surface area (Å²) in [6, 6.07) is 5.48. The van der Waals surface area contributed by atoms with Crippen LogP contribution in [0.2, 0.25) is 0 Å². The molecular weight excluding hydrogens is 471 g/mol. The summed E-state index contributed by atoms with van der Waals surface area (Å²) in [7, 11) is 0. The maximum absolute atomic E-state index is 15.0. The van der Waals surface area contributed by atoms with Crippen molar-refractivity contribution in [2.45, 2.75) is 74.9 Å². The molecule has 2 saturated heterocycles. The number of nitriles is 1. The van der Waals surface area contributed by atoms with Crippen molar-refractivity contribution in [2.75, 3.05) is 26.2 Å². The normalized spacial score (nSPS) is 23.3. The summed E-state index contributed by atoms with van der Waals surface area (Å²) in [6.07, 6.45) is 3.85. The molecule has 4 aliphatic rings. The molecule has 0 aromatic heterocycles. The average Bonchev–Trinajstić information content (AvgIpc) is 3.74. The second-order valence-electron chi connectivity index (χ2n) is 11.2. The predicted octanol–water partition coefficient (Wildman–Crippen LogP) is 3.20. The second kappa shape index (κ2) is 9.25. The number of likely N-dealkylation sites (tertiary alicyclic amines) is 2. The summed E-state index contributed by atoms with van der Waals surface area (Å²) >= 11 is 0. The van der Waals surface area contributed by atoms with Gasteiger partial charge >= 0.3 is 6.03 Å². The number of urea groups is 1. The highest BCUT2D eigenvalue weighted by molar-refractivity contribution is 5.88. The summed E-state index contributed by atoms with van der Waals surface area (Å²) in [5.74, 6) is -4.64. The lowest BCUT2D eigenvalue weighted by atomic mass is 9.72. The maximum Gasteiger partial charge on any atom is 0.318 e. The van der Waals surface area contributed by atoms with Gasteiger partial charge in [0.1, 0.15) is 17.4 Å². The van der Waals surface area contributed by atoms with Gasteiger partial charge in [0.05, 0.1) is 6.07 Å². The fourth-order valence-electron chi connectivity index (χ4n) is 5.46. The van der Waals surface area contributed by atoms with Gasteiger partial charge in [0.25, 0.3) is 5.92 Å². The predicted molar refractivity (Wildman–Crippen MR) is 126 cm³/mol. The molecule has 7 nitrogen and oxygen atoms in total. The number of carbonyl (C=O) groups excluding carboxylic acids is 2. The lowest BCUT2D eigenvalue weighted by Crippen LogP contribution is -2.65. The first-order valence-corrected chi connectivity index (χ1v) is 12.8. The molecule has 1 aromatic carbocycles. The Morgan fingerprint density at radius 3 is 2.31 bits per heavy atom. The summed E-state index contributed by atoms with van der Waals surface area (Å²) in [5.41, 5.74) is -0.737. The van der Waals surface area contributed by atoms with E-state index in [1.54, 1.807) is 4.90 Å². The summed E-state index contributed by atoms with van der Waals surface area (Å²) < 4.78 is 43.1. The zero-order valence-corrected chi connectivity index (χ0v) is 20.2. The average molecular weight is 504 g/mol. The lowest BCUT2D eigenvalue weighted by Gasteiger charge is -2.54. The van der Waals surface area contributed by atoms with Crippen LogP contribution in [-0.4, -0.2) is 71.5 Å². The fraction of sp³-hybridized carbons (Fsp3) is 0.654. The van der Waals surface area contributed by atoms with Crippen LogP contribution in [0.25, 0.3) is 0 Å². The largest absolute Gasteiger partial charge is 0.336 e. The van der Waals surface area contributed by atoms with E-state index in [1.807, 2.05) is 6.07 Å². The third-order valence-corrected chi connectivity index (χ3v) is 8.08. The van der Waals surface area contributed by atoms with Gasteiger partial charge in [-0.3, -0.25) is 4.79 Å². The fourth-order valence-corrected chi connectivity index (χ4v) is 5.46. The molecule has 194 valence electrons. The molecule has 36 heavy (non-hydrogen) atoms.